The second-order valence-electron chi connectivity index (χ2n) is 12.0. The third kappa shape index (κ3) is 6.62. The summed E-state index contributed by atoms with van der Waals surface area (Å²) in [6, 6.07) is 21.2. The molecule has 0 spiro atoms. The van der Waals surface area contributed by atoms with Crippen LogP contribution in [0.2, 0.25) is 10.0 Å². The highest BCUT2D eigenvalue weighted by atomic mass is 35.5. The topological polar surface area (TPSA) is 62.1 Å². The molecule has 4 atom stereocenters. The van der Waals surface area contributed by atoms with Gasteiger partial charge in [0.05, 0.1) is 36.9 Å². The summed E-state index contributed by atoms with van der Waals surface area (Å²) in [7, 11) is -3.76. The second-order valence-corrected chi connectivity index (χ2v) is 14.7. The number of piperidine rings is 1. The molecule has 0 radical (unpaired) electrons. The standard InChI is InChI=1S/C34H35Cl2N3O3S/c1-5-18-34(2)21-30(25-8-6-9-27(36)19-25)32(24-14-16-26(35)17-15-24)39(33(34)40)31(23-12-13-23)22-38(43(4,41)42)29-11-7-10-28(20-29)37-3/h5-11,14-17,19-20,23,30-32H,1,12-13,18,21-22H2,2,4H3/t30-,31-,32?,34+/m1/s1. The minimum Gasteiger partial charge on any atom is -0.329 e. The molecule has 2 aliphatic rings. The highest BCUT2D eigenvalue weighted by Gasteiger charge is 2.54. The van der Waals surface area contributed by atoms with Gasteiger partial charge in [0, 0.05) is 21.7 Å². The molecule has 224 valence electrons. The summed E-state index contributed by atoms with van der Waals surface area (Å²) in [5, 5.41) is 1.21. The fraction of sp³-hybridized carbons (Fsp3) is 0.353. The van der Waals surface area contributed by atoms with Crippen molar-refractivity contribution in [2.75, 3.05) is 17.1 Å². The minimum atomic E-state index is -3.76. The lowest BCUT2D eigenvalue weighted by Crippen LogP contribution is -2.59. The molecule has 9 heteroatoms. The summed E-state index contributed by atoms with van der Waals surface area (Å²) >= 11 is 12.8. The van der Waals surface area contributed by atoms with Gasteiger partial charge in [0.15, 0.2) is 5.69 Å². The van der Waals surface area contributed by atoms with E-state index >= 15 is 0 Å². The Kier molecular flexibility index (Phi) is 8.94. The molecule has 1 amide bonds. The smallest absolute Gasteiger partial charge is 0.232 e. The zero-order valence-corrected chi connectivity index (χ0v) is 26.6. The van der Waals surface area contributed by atoms with Crippen molar-refractivity contribution in [3.8, 4) is 0 Å². The maximum Gasteiger partial charge on any atom is 0.232 e. The molecule has 1 aliphatic carbocycles. The van der Waals surface area contributed by atoms with E-state index in [1.54, 1.807) is 30.3 Å². The van der Waals surface area contributed by atoms with Gasteiger partial charge in [0.25, 0.3) is 0 Å². The number of amides is 1. The lowest BCUT2D eigenvalue weighted by Gasteiger charge is -2.53. The van der Waals surface area contributed by atoms with E-state index in [9.17, 15) is 13.2 Å². The average molecular weight is 637 g/mol. The Balaban J connectivity index is 1.70. The van der Waals surface area contributed by atoms with Crippen LogP contribution in [0.5, 0.6) is 0 Å². The number of rotatable bonds is 10. The van der Waals surface area contributed by atoms with Crippen molar-refractivity contribution < 1.29 is 13.2 Å². The first-order valence-electron chi connectivity index (χ1n) is 14.3. The Morgan fingerprint density at radius 2 is 1.77 bits per heavy atom. The number of halogens is 2. The molecular weight excluding hydrogens is 601 g/mol. The van der Waals surface area contributed by atoms with Gasteiger partial charge < -0.3 is 4.90 Å². The molecule has 5 rings (SSSR count). The predicted octanol–water partition coefficient (Wildman–Crippen LogP) is 8.43. The Hall–Kier alpha value is -3.31. The van der Waals surface area contributed by atoms with Crippen LogP contribution in [0, 0.1) is 17.9 Å². The van der Waals surface area contributed by atoms with Gasteiger partial charge in [-0.1, -0.05) is 72.6 Å². The van der Waals surface area contributed by atoms with E-state index in [1.807, 2.05) is 60.4 Å². The quantitative estimate of drug-likeness (QED) is 0.166. The van der Waals surface area contributed by atoms with Crippen molar-refractivity contribution in [1.29, 1.82) is 0 Å². The van der Waals surface area contributed by atoms with Crippen molar-refractivity contribution in [1.82, 2.24) is 4.90 Å². The molecule has 3 aromatic carbocycles. The summed E-state index contributed by atoms with van der Waals surface area (Å²) in [5.41, 5.74) is 1.94. The number of nitrogens with zero attached hydrogens (tertiary/aromatic N) is 3. The number of benzene rings is 3. The number of allylic oxidation sites excluding steroid dienone is 1. The van der Waals surface area contributed by atoms with Crippen LogP contribution in [0.25, 0.3) is 4.85 Å². The molecule has 2 fully saturated rings. The third-order valence-corrected chi connectivity index (χ3v) is 10.4. The largest absolute Gasteiger partial charge is 0.329 e. The molecule has 1 unspecified atom stereocenters. The SMILES string of the molecule is [C-]#[N+]c1cccc(N(C[C@H](C2CC2)N2C(=O)[C@@](C)(CC=C)C[C@H](c3cccc(Cl)c3)C2c2ccc(Cl)cc2)S(C)(=O)=O)c1. The maximum absolute atomic E-state index is 14.8. The van der Waals surface area contributed by atoms with Crippen LogP contribution in [0.3, 0.4) is 0 Å². The van der Waals surface area contributed by atoms with Crippen LogP contribution in [0.4, 0.5) is 11.4 Å². The number of carbonyl (C=O) groups is 1. The van der Waals surface area contributed by atoms with E-state index in [-0.39, 0.29) is 30.3 Å². The van der Waals surface area contributed by atoms with Crippen molar-refractivity contribution in [3.05, 3.63) is 118 Å². The number of carbonyl (C=O) groups excluding carboxylic acids is 1. The van der Waals surface area contributed by atoms with E-state index < -0.39 is 21.5 Å². The molecule has 6 nitrogen and oxygen atoms in total. The van der Waals surface area contributed by atoms with Crippen molar-refractivity contribution in [3.63, 3.8) is 0 Å². The molecule has 0 bridgehead atoms. The minimum absolute atomic E-state index is 0.0223. The molecule has 1 heterocycles. The van der Waals surface area contributed by atoms with Gasteiger partial charge in [-0.2, -0.15) is 0 Å². The van der Waals surface area contributed by atoms with E-state index in [1.165, 1.54) is 10.6 Å². The molecule has 1 aliphatic heterocycles. The second kappa shape index (κ2) is 12.4. The maximum atomic E-state index is 14.8. The average Bonchev–Trinajstić information content (AvgIpc) is 3.81. The Bertz CT molecular complexity index is 1670. The normalized spacial score (nSPS) is 23.0. The fourth-order valence-electron chi connectivity index (χ4n) is 6.52. The van der Waals surface area contributed by atoms with E-state index in [0.29, 0.717) is 34.3 Å². The molecule has 1 saturated heterocycles. The van der Waals surface area contributed by atoms with Crippen molar-refractivity contribution in [2.45, 2.75) is 50.6 Å². The van der Waals surface area contributed by atoms with Crippen LogP contribution < -0.4 is 4.31 Å². The van der Waals surface area contributed by atoms with E-state index in [0.717, 1.165) is 24.0 Å². The summed E-state index contributed by atoms with van der Waals surface area (Å²) in [6.45, 7) is 13.5. The van der Waals surface area contributed by atoms with Gasteiger partial charge >= 0.3 is 0 Å². The number of likely N-dealkylation sites (tertiary alicyclic amines) is 1. The molecule has 0 aromatic heterocycles. The molecule has 43 heavy (non-hydrogen) atoms. The monoisotopic (exact) mass is 635 g/mol. The molecule has 1 saturated carbocycles. The summed E-state index contributed by atoms with van der Waals surface area (Å²) in [6.07, 6.45) is 5.80. The first kappa shape index (κ1) is 31.1. The highest BCUT2D eigenvalue weighted by Crippen LogP contribution is 2.54. The lowest BCUT2D eigenvalue weighted by atomic mass is 9.67. The van der Waals surface area contributed by atoms with Gasteiger partial charge in [-0.05, 0) is 79.1 Å². The molecular formula is C34H35Cl2N3O3S. The van der Waals surface area contributed by atoms with Crippen molar-refractivity contribution in [2.24, 2.45) is 11.3 Å². The zero-order chi connectivity index (χ0) is 30.9. The summed E-state index contributed by atoms with van der Waals surface area (Å²) in [4.78, 5) is 20.3. The van der Waals surface area contributed by atoms with Crippen molar-refractivity contribution >= 4 is 50.5 Å². The first-order chi connectivity index (χ1) is 20.4. The summed E-state index contributed by atoms with van der Waals surface area (Å²) < 4.78 is 28.0. The van der Waals surface area contributed by atoms with Gasteiger partial charge in [0.1, 0.15) is 0 Å². The van der Waals surface area contributed by atoms with E-state index in [4.69, 9.17) is 29.8 Å². The van der Waals surface area contributed by atoms with Gasteiger partial charge in [-0.3, -0.25) is 9.10 Å². The lowest BCUT2D eigenvalue weighted by molar-refractivity contribution is -0.154. The van der Waals surface area contributed by atoms with Crippen LogP contribution >= 0.6 is 23.2 Å². The van der Waals surface area contributed by atoms with Gasteiger partial charge in [0.2, 0.25) is 15.9 Å². The Morgan fingerprint density at radius 1 is 1.07 bits per heavy atom. The Morgan fingerprint density at radius 3 is 2.37 bits per heavy atom. The number of hydrogen-bond donors (Lipinski definition) is 0. The molecule has 0 N–H and O–H groups in total. The third-order valence-electron chi connectivity index (χ3n) is 8.71. The number of anilines is 1. The highest BCUT2D eigenvalue weighted by molar-refractivity contribution is 7.92. The van der Waals surface area contributed by atoms with Crippen LogP contribution in [-0.4, -0.2) is 38.1 Å². The fourth-order valence-corrected chi connectivity index (χ4v) is 7.76. The van der Waals surface area contributed by atoms with Crippen LogP contribution in [-0.2, 0) is 14.8 Å². The van der Waals surface area contributed by atoms with Crippen LogP contribution in [0.15, 0.2) is 85.5 Å². The number of hydrogen-bond acceptors (Lipinski definition) is 3. The van der Waals surface area contributed by atoms with Crippen LogP contribution in [0.1, 0.15) is 55.7 Å². The summed E-state index contributed by atoms with van der Waals surface area (Å²) in [5.74, 6) is -0.0232. The predicted molar refractivity (Wildman–Crippen MR) is 174 cm³/mol. The zero-order valence-electron chi connectivity index (χ0n) is 24.3. The first-order valence-corrected chi connectivity index (χ1v) is 17.0. The van der Waals surface area contributed by atoms with E-state index in [2.05, 4.69) is 11.4 Å². The Labute approximate surface area is 264 Å². The van der Waals surface area contributed by atoms with Gasteiger partial charge in [-0.15, -0.1) is 6.58 Å². The molecule has 3 aromatic rings. The van der Waals surface area contributed by atoms with Gasteiger partial charge in [-0.25, -0.2) is 13.3 Å². The number of sulfonamides is 1.